The molecule has 0 aliphatic carbocycles. The van der Waals surface area contributed by atoms with Crippen LogP contribution < -0.4 is 4.74 Å². The second-order valence-electron chi connectivity index (χ2n) is 3.15. The molecule has 1 N–H and O–H groups in total. The van der Waals surface area contributed by atoms with Crippen LogP contribution in [0, 0.1) is 5.82 Å². The number of halogens is 1. The molecular weight excluding hydrogens is 187 g/mol. The number of ketones is 1. The number of Topliss-reactive ketones (excluding diaryl/α,β-unsaturated/α-hetero) is 1. The minimum absolute atomic E-state index is 0.118. The fourth-order valence-electron chi connectivity index (χ4n) is 1.45. The molecule has 74 valence electrons. The molecule has 0 fully saturated rings. The van der Waals surface area contributed by atoms with Crippen LogP contribution in [-0.2, 0) is 0 Å². The Morgan fingerprint density at radius 3 is 3.00 bits per heavy atom. The molecule has 1 aliphatic heterocycles. The SMILES string of the molecule is O=C1CCCOc2c1ccc(O)c2F. The van der Waals surface area contributed by atoms with Crippen LogP contribution in [0.4, 0.5) is 4.39 Å². The van der Waals surface area contributed by atoms with Crippen molar-refractivity contribution in [1.29, 1.82) is 0 Å². The van der Waals surface area contributed by atoms with Crippen molar-refractivity contribution < 1.29 is 19.0 Å². The zero-order chi connectivity index (χ0) is 10.1. The van der Waals surface area contributed by atoms with Gasteiger partial charge in [-0.1, -0.05) is 0 Å². The third-order valence-corrected chi connectivity index (χ3v) is 2.17. The topological polar surface area (TPSA) is 46.5 Å². The van der Waals surface area contributed by atoms with Crippen LogP contribution in [0.1, 0.15) is 23.2 Å². The minimum atomic E-state index is -0.849. The van der Waals surface area contributed by atoms with Gasteiger partial charge in [0.15, 0.2) is 17.3 Å². The van der Waals surface area contributed by atoms with Crippen LogP contribution in [0.25, 0.3) is 0 Å². The molecule has 4 heteroatoms. The van der Waals surface area contributed by atoms with Crippen molar-refractivity contribution in [3.05, 3.63) is 23.5 Å². The maximum absolute atomic E-state index is 13.3. The van der Waals surface area contributed by atoms with E-state index in [1.54, 1.807) is 0 Å². The van der Waals surface area contributed by atoms with Crippen molar-refractivity contribution in [3.63, 3.8) is 0 Å². The molecule has 1 aromatic rings. The predicted octanol–water partition coefficient (Wildman–Crippen LogP) is 1.89. The smallest absolute Gasteiger partial charge is 0.207 e. The van der Waals surface area contributed by atoms with Crippen molar-refractivity contribution in [2.45, 2.75) is 12.8 Å². The number of rotatable bonds is 0. The van der Waals surface area contributed by atoms with Crippen LogP contribution in [0.2, 0.25) is 0 Å². The van der Waals surface area contributed by atoms with E-state index in [1.807, 2.05) is 0 Å². The van der Waals surface area contributed by atoms with Crippen LogP contribution in [-0.4, -0.2) is 17.5 Å². The Hall–Kier alpha value is -1.58. The Kier molecular flexibility index (Phi) is 2.11. The monoisotopic (exact) mass is 196 g/mol. The van der Waals surface area contributed by atoms with E-state index >= 15 is 0 Å². The van der Waals surface area contributed by atoms with Crippen molar-refractivity contribution in [2.24, 2.45) is 0 Å². The van der Waals surface area contributed by atoms with E-state index in [0.29, 0.717) is 19.4 Å². The van der Waals surface area contributed by atoms with Gasteiger partial charge in [-0.15, -0.1) is 0 Å². The third kappa shape index (κ3) is 1.32. The Morgan fingerprint density at radius 2 is 2.21 bits per heavy atom. The van der Waals surface area contributed by atoms with E-state index in [9.17, 15) is 9.18 Å². The molecule has 0 bridgehead atoms. The van der Waals surface area contributed by atoms with Crippen LogP contribution >= 0.6 is 0 Å². The first-order valence-corrected chi connectivity index (χ1v) is 4.37. The largest absolute Gasteiger partial charge is 0.505 e. The number of hydrogen-bond donors (Lipinski definition) is 1. The van der Waals surface area contributed by atoms with Crippen LogP contribution in [0.5, 0.6) is 11.5 Å². The lowest BCUT2D eigenvalue weighted by atomic mass is 10.1. The second kappa shape index (κ2) is 3.29. The van der Waals surface area contributed by atoms with Crippen molar-refractivity contribution in [2.75, 3.05) is 6.61 Å². The van der Waals surface area contributed by atoms with Crippen LogP contribution in [0.3, 0.4) is 0 Å². The normalized spacial score (nSPS) is 15.6. The van der Waals surface area contributed by atoms with Gasteiger partial charge in [-0.2, -0.15) is 4.39 Å². The number of ether oxygens (including phenoxy) is 1. The van der Waals surface area contributed by atoms with Gasteiger partial charge in [-0.25, -0.2) is 0 Å². The molecule has 0 saturated heterocycles. The van der Waals surface area contributed by atoms with E-state index in [1.165, 1.54) is 12.1 Å². The van der Waals surface area contributed by atoms with E-state index in [4.69, 9.17) is 9.84 Å². The zero-order valence-electron chi connectivity index (χ0n) is 7.42. The fourth-order valence-corrected chi connectivity index (χ4v) is 1.45. The van der Waals surface area contributed by atoms with E-state index < -0.39 is 11.6 Å². The zero-order valence-corrected chi connectivity index (χ0v) is 7.42. The van der Waals surface area contributed by atoms with Gasteiger partial charge in [0.1, 0.15) is 0 Å². The lowest BCUT2D eigenvalue weighted by Gasteiger charge is -2.07. The summed E-state index contributed by atoms with van der Waals surface area (Å²) in [4.78, 5) is 11.4. The minimum Gasteiger partial charge on any atom is -0.505 e. The number of aromatic hydroxyl groups is 1. The van der Waals surface area contributed by atoms with Gasteiger partial charge in [0, 0.05) is 6.42 Å². The molecular formula is C10H9FO3. The molecule has 0 radical (unpaired) electrons. The Labute approximate surface area is 80.1 Å². The van der Waals surface area contributed by atoms with Gasteiger partial charge >= 0.3 is 0 Å². The number of phenolic OH excluding ortho intramolecular Hbond substituents is 1. The van der Waals surface area contributed by atoms with E-state index in [-0.39, 0.29) is 17.1 Å². The first-order valence-electron chi connectivity index (χ1n) is 4.37. The predicted molar refractivity (Wildman–Crippen MR) is 47.1 cm³/mol. The summed E-state index contributed by atoms with van der Waals surface area (Å²) in [5.74, 6) is -1.60. The average Bonchev–Trinajstić information content (AvgIpc) is 2.35. The first-order chi connectivity index (χ1) is 6.70. The Bertz CT molecular complexity index is 387. The first kappa shape index (κ1) is 8.99. The number of phenols is 1. The van der Waals surface area contributed by atoms with Crippen molar-refractivity contribution >= 4 is 5.78 Å². The van der Waals surface area contributed by atoms with Gasteiger partial charge in [-0.05, 0) is 18.6 Å². The summed E-state index contributed by atoms with van der Waals surface area (Å²) in [6, 6.07) is 2.56. The number of carbonyl (C=O) groups excluding carboxylic acids is 1. The summed E-state index contributed by atoms with van der Waals surface area (Å²) in [5.41, 5.74) is 0.220. The van der Waals surface area contributed by atoms with Gasteiger partial charge < -0.3 is 9.84 Å². The van der Waals surface area contributed by atoms with Gasteiger partial charge in [0.2, 0.25) is 5.82 Å². The summed E-state index contributed by atoms with van der Waals surface area (Å²) >= 11 is 0. The van der Waals surface area contributed by atoms with E-state index in [2.05, 4.69) is 0 Å². The highest BCUT2D eigenvalue weighted by Gasteiger charge is 2.21. The lowest BCUT2D eigenvalue weighted by Crippen LogP contribution is -1.99. The van der Waals surface area contributed by atoms with Gasteiger partial charge in [0.25, 0.3) is 0 Å². The summed E-state index contributed by atoms with van der Waals surface area (Å²) in [6.07, 6.45) is 0.935. The average molecular weight is 196 g/mol. The Balaban J connectivity index is 2.58. The number of benzene rings is 1. The summed E-state index contributed by atoms with van der Waals surface area (Å²) in [5, 5.41) is 9.09. The summed E-state index contributed by atoms with van der Waals surface area (Å²) < 4.78 is 18.4. The number of hydrogen-bond acceptors (Lipinski definition) is 3. The second-order valence-corrected chi connectivity index (χ2v) is 3.15. The lowest BCUT2D eigenvalue weighted by molar-refractivity contribution is 0.0983. The fraction of sp³-hybridized carbons (Fsp3) is 0.300. The molecule has 3 nitrogen and oxygen atoms in total. The highest BCUT2D eigenvalue weighted by atomic mass is 19.1. The highest BCUT2D eigenvalue weighted by Crippen LogP contribution is 2.32. The molecule has 0 saturated carbocycles. The maximum Gasteiger partial charge on any atom is 0.207 e. The van der Waals surface area contributed by atoms with Gasteiger partial charge in [0.05, 0.1) is 12.2 Å². The molecule has 0 spiro atoms. The third-order valence-electron chi connectivity index (χ3n) is 2.17. The number of fused-ring (bicyclic) bond motifs is 1. The molecule has 0 amide bonds. The standard InChI is InChI=1S/C10H9FO3/c11-9-8(13)4-3-6-7(12)2-1-5-14-10(6)9/h3-4,13H,1-2,5H2. The van der Waals surface area contributed by atoms with Crippen molar-refractivity contribution in [3.8, 4) is 11.5 Å². The van der Waals surface area contributed by atoms with E-state index in [0.717, 1.165) is 0 Å². The molecule has 1 aromatic carbocycles. The maximum atomic E-state index is 13.3. The molecule has 1 heterocycles. The molecule has 0 atom stereocenters. The highest BCUT2D eigenvalue weighted by molar-refractivity contribution is 5.99. The van der Waals surface area contributed by atoms with Crippen LogP contribution in [0.15, 0.2) is 12.1 Å². The molecule has 14 heavy (non-hydrogen) atoms. The molecule has 0 unspecified atom stereocenters. The Morgan fingerprint density at radius 1 is 1.43 bits per heavy atom. The molecule has 0 aromatic heterocycles. The summed E-state index contributed by atoms with van der Waals surface area (Å²) in [7, 11) is 0. The molecule has 2 rings (SSSR count). The molecule has 1 aliphatic rings. The summed E-state index contributed by atoms with van der Waals surface area (Å²) in [6.45, 7) is 0.305. The number of carbonyl (C=O) groups is 1. The van der Waals surface area contributed by atoms with Crippen molar-refractivity contribution in [1.82, 2.24) is 0 Å². The quantitative estimate of drug-likeness (QED) is 0.689. The van der Waals surface area contributed by atoms with Gasteiger partial charge in [-0.3, -0.25) is 4.79 Å².